The first kappa shape index (κ1) is 9.49. The van der Waals surface area contributed by atoms with E-state index in [9.17, 15) is 4.39 Å². The van der Waals surface area contributed by atoms with Gasteiger partial charge in [0.05, 0.1) is 13.4 Å². The van der Waals surface area contributed by atoms with Crippen LogP contribution in [0.25, 0.3) is 10.1 Å². The summed E-state index contributed by atoms with van der Waals surface area (Å²) in [5.74, 6) is -0.130. The van der Waals surface area contributed by atoms with E-state index < -0.39 is 0 Å². The third kappa shape index (κ3) is 1.63. The van der Waals surface area contributed by atoms with Gasteiger partial charge in [0.1, 0.15) is 5.82 Å². The van der Waals surface area contributed by atoms with E-state index in [-0.39, 0.29) is 5.82 Å². The molecule has 0 saturated heterocycles. The van der Waals surface area contributed by atoms with Crippen LogP contribution in [-0.4, -0.2) is 6.26 Å². The third-order valence-electron chi connectivity index (χ3n) is 1.77. The van der Waals surface area contributed by atoms with Gasteiger partial charge in [-0.2, -0.15) is 0 Å². The smallest absolute Gasteiger partial charge is 0.138 e. The van der Waals surface area contributed by atoms with Crippen LogP contribution in [0.3, 0.4) is 0 Å². The summed E-state index contributed by atoms with van der Waals surface area (Å²) in [6.45, 7) is 0. The molecule has 0 aliphatic heterocycles. The van der Waals surface area contributed by atoms with E-state index in [0.29, 0.717) is 0 Å². The summed E-state index contributed by atoms with van der Waals surface area (Å²) in [4.78, 5) is 0.744. The van der Waals surface area contributed by atoms with Crippen LogP contribution < -0.4 is 0 Å². The van der Waals surface area contributed by atoms with Crippen LogP contribution in [0.1, 0.15) is 0 Å². The van der Waals surface area contributed by atoms with Gasteiger partial charge >= 0.3 is 0 Å². The highest BCUT2D eigenvalue weighted by Gasteiger charge is 2.08. The molecule has 0 aliphatic carbocycles. The average Bonchev–Trinajstić information content (AvgIpc) is 2.45. The Bertz CT molecular complexity index is 450. The van der Waals surface area contributed by atoms with Crippen LogP contribution in [0, 0.1) is 5.82 Å². The molecule has 68 valence electrons. The maximum atomic E-state index is 13.3. The van der Waals surface area contributed by atoms with Gasteiger partial charge in [-0.1, -0.05) is 6.07 Å². The molecule has 0 atom stereocenters. The fourth-order valence-corrected chi connectivity index (χ4v) is 3.70. The summed E-state index contributed by atoms with van der Waals surface area (Å²) in [6, 6.07) is 5.35. The van der Waals surface area contributed by atoms with Crippen LogP contribution in [0.5, 0.6) is 0 Å². The van der Waals surface area contributed by atoms with E-state index in [0.717, 1.165) is 18.8 Å². The molecule has 0 radical (unpaired) electrons. The number of thioether (sulfide) groups is 1. The Labute approximate surface area is 92.3 Å². The summed E-state index contributed by atoms with van der Waals surface area (Å²) >= 11 is 6.43. The standard InChI is InChI=1S/C9H6BrFS2/c1-12-9-6(11)3-2-5-4-7(10)13-8(5)9/h2-4H,1H3. The Hall–Kier alpha value is -0.0600. The fourth-order valence-electron chi connectivity index (χ4n) is 1.21. The highest BCUT2D eigenvalue weighted by molar-refractivity contribution is 9.11. The lowest BCUT2D eigenvalue weighted by atomic mass is 10.2. The van der Waals surface area contributed by atoms with Crippen LogP contribution in [0.2, 0.25) is 0 Å². The molecule has 1 aromatic heterocycles. The van der Waals surface area contributed by atoms with Gasteiger partial charge in [-0.05, 0) is 39.7 Å². The van der Waals surface area contributed by atoms with Crippen molar-refractivity contribution in [3.05, 3.63) is 27.8 Å². The van der Waals surface area contributed by atoms with Crippen molar-refractivity contribution in [2.24, 2.45) is 0 Å². The highest BCUT2D eigenvalue weighted by Crippen LogP contribution is 2.37. The Kier molecular flexibility index (Phi) is 2.62. The van der Waals surface area contributed by atoms with Crippen molar-refractivity contribution in [2.45, 2.75) is 4.90 Å². The van der Waals surface area contributed by atoms with E-state index in [1.807, 2.05) is 18.4 Å². The van der Waals surface area contributed by atoms with Crippen LogP contribution in [-0.2, 0) is 0 Å². The minimum Gasteiger partial charge on any atom is -0.206 e. The van der Waals surface area contributed by atoms with Crippen molar-refractivity contribution in [2.75, 3.05) is 6.26 Å². The maximum absolute atomic E-state index is 13.3. The predicted octanol–water partition coefficient (Wildman–Crippen LogP) is 4.52. The third-order valence-corrected chi connectivity index (χ3v) is 4.38. The number of hydrogen-bond donors (Lipinski definition) is 0. The second-order valence-electron chi connectivity index (χ2n) is 2.55. The molecule has 0 fully saturated rings. The highest BCUT2D eigenvalue weighted by atomic mass is 79.9. The SMILES string of the molecule is CSc1c(F)ccc2cc(Br)sc12. The fraction of sp³-hybridized carbons (Fsp3) is 0.111. The first-order valence-electron chi connectivity index (χ1n) is 3.64. The second-order valence-corrected chi connectivity index (χ2v) is 5.80. The largest absolute Gasteiger partial charge is 0.206 e. The Morgan fingerprint density at radius 2 is 2.23 bits per heavy atom. The number of halogens is 2. The molecular formula is C9H6BrFS2. The van der Waals surface area contributed by atoms with E-state index in [2.05, 4.69) is 15.9 Å². The lowest BCUT2D eigenvalue weighted by Gasteiger charge is -1.99. The van der Waals surface area contributed by atoms with Gasteiger partial charge in [-0.3, -0.25) is 0 Å². The van der Waals surface area contributed by atoms with Crippen molar-refractivity contribution in [1.82, 2.24) is 0 Å². The Balaban J connectivity index is 2.82. The monoisotopic (exact) mass is 276 g/mol. The first-order chi connectivity index (χ1) is 6.22. The van der Waals surface area contributed by atoms with E-state index in [4.69, 9.17) is 0 Å². The molecule has 4 heteroatoms. The average molecular weight is 277 g/mol. The lowest BCUT2D eigenvalue weighted by molar-refractivity contribution is 0.606. The molecule has 0 bridgehead atoms. The number of hydrogen-bond acceptors (Lipinski definition) is 2. The Morgan fingerprint density at radius 1 is 1.46 bits per heavy atom. The van der Waals surface area contributed by atoms with Crippen LogP contribution in [0.15, 0.2) is 26.9 Å². The number of thiophene rings is 1. The van der Waals surface area contributed by atoms with Crippen LogP contribution in [0.4, 0.5) is 4.39 Å². The summed E-state index contributed by atoms with van der Waals surface area (Å²) in [7, 11) is 0. The Morgan fingerprint density at radius 3 is 2.92 bits per heavy atom. The molecule has 1 aromatic carbocycles. The van der Waals surface area contributed by atoms with Crippen molar-refractivity contribution in [3.8, 4) is 0 Å². The van der Waals surface area contributed by atoms with E-state index >= 15 is 0 Å². The quantitative estimate of drug-likeness (QED) is 0.690. The van der Waals surface area contributed by atoms with Crippen molar-refractivity contribution in [3.63, 3.8) is 0 Å². The zero-order valence-corrected chi connectivity index (χ0v) is 10.0. The molecular weight excluding hydrogens is 271 g/mol. The number of benzene rings is 1. The molecule has 13 heavy (non-hydrogen) atoms. The second kappa shape index (κ2) is 3.59. The van der Waals surface area contributed by atoms with E-state index in [1.54, 1.807) is 11.3 Å². The van der Waals surface area contributed by atoms with Gasteiger partial charge in [-0.15, -0.1) is 23.1 Å². The zero-order chi connectivity index (χ0) is 9.42. The summed E-state index contributed by atoms with van der Waals surface area (Å²) in [6.07, 6.45) is 1.89. The van der Waals surface area contributed by atoms with Gasteiger partial charge in [0, 0.05) is 0 Å². The molecule has 0 aliphatic rings. The summed E-state index contributed by atoms with van der Waals surface area (Å²) < 4.78 is 15.4. The molecule has 2 aromatic rings. The van der Waals surface area contributed by atoms with Gasteiger partial charge in [-0.25, -0.2) is 4.39 Å². The molecule has 0 spiro atoms. The minimum absolute atomic E-state index is 0.130. The minimum atomic E-state index is -0.130. The van der Waals surface area contributed by atoms with Crippen LogP contribution >= 0.6 is 39.0 Å². The topological polar surface area (TPSA) is 0 Å². The molecule has 0 nitrogen and oxygen atoms in total. The molecule has 2 rings (SSSR count). The molecule has 0 unspecified atom stereocenters. The number of fused-ring (bicyclic) bond motifs is 1. The predicted molar refractivity (Wildman–Crippen MR) is 61.3 cm³/mol. The lowest BCUT2D eigenvalue weighted by Crippen LogP contribution is -1.78. The van der Waals surface area contributed by atoms with Crippen molar-refractivity contribution >= 4 is 49.1 Å². The normalized spacial score (nSPS) is 11.0. The molecule has 0 saturated carbocycles. The van der Waals surface area contributed by atoms with Crippen molar-refractivity contribution < 1.29 is 4.39 Å². The summed E-state index contributed by atoms with van der Waals surface area (Å²) in [5.41, 5.74) is 0. The zero-order valence-electron chi connectivity index (χ0n) is 6.80. The van der Waals surface area contributed by atoms with Gasteiger partial charge in [0.15, 0.2) is 0 Å². The maximum Gasteiger partial charge on any atom is 0.138 e. The van der Waals surface area contributed by atoms with Gasteiger partial charge in [0.2, 0.25) is 0 Å². The first-order valence-corrected chi connectivity index (χ1v) is 6.47. The van der Waals surface area contributed by atoms with Gasteiger partial charge < -0.3 is 0 Å². The molecule has 1 heterocycles. The molecule has 0 amide bonds. The molecule has 0 N–H and O–H groups in total. The van der Waals surface area contributed by atoms with Crippen molar-refractivity contribution in [1.29, 1.82) is 0 Å². The van der Waals surface area contributed by atoms with Gasteiger partial charge in [0.25, 0.3) is 0 Å². The summed E-state index contributed by atoms with van der Waals surface area (Å²) in [5, 5.41) is 1.10. The van der Waals surface area contributed by atoms with E-state index in [1.165, 1.54) is 17.8 Å². The number of rotatable bonds is 1.